The highest BCUT2D eigenvalue weighted by Gasteiger charge is 2.28. The lowest BCUT2D eigenvalue weighted by Gasteiger charge is -2.13. The fourth-order valence-electron chi connectivity index (χ4n) is 1.72. The molecule has 72 valence electrons. The molecule has 2 heterocycles. The minimum atomic E-state index is 0.0497. The highest BCUT2D eigenvalue weighted by atomic mass is 16.5. The number of nitrogens with two attached hydrogens (primary N) is 1. The van der Waals surface area contributed by atoms with Crippen LogP contribution in [0, 0.1) is 6.92 Å². The van der Waals surface area contributed by atoms with Gasteiger partial charge in [-0.15, -0.1) is 0 Å². The third-order valence-electron chi connectivity index (χ3n) is 2.72. The van der Waals surface area contributed by atoms with Crippen LogP contribution in [0.5, 0.6) is 0 Å². The molecule has 0 amide bonds. The highest BCUT2D eigenvalue weighted by molar-refractivity contribution is 5.21. The van der Waals surface area contributed by atoms with Crippen molar-refractivity contribution in [2.45, 2.75) is 25.5 Å². The molecule has 1 aromatic rings. The average molecular weight is 181 g/mol. The molecule has 0 spiro atoms. The average Bonchev–Trinajstić information content (AvgIpc) is 2.62. The number of aryl methyl sites for hydroxylation is 1. The van der Waals surface area contributed by atoms with Gasteiger partial charge < -0.3 is 10.5 Å². The molecule has 0 radical (unpaired) electrons. The molecule has 4 nitrogen and oxygen atoms in total. The number of rotatable bonds is 1. The quantitative estimate of drug-likeness (QED) is 0.687. The zero-order chi connectivity index (χ0) is 9.42. The van der Waals surface area contributed by atoms with E-state index in [-0.39, 0.29) is 12.1 Å². The minimum Gasteiger partial charge on any atom is -0.372 e. The number of ether oxygens (including phenoxy) is 1. The van der Waals surface area contributed by atoms with Gasteiger partial charge in [0.15, 0.2) is 0 Å². The van der Waals surface area contributed by atoms with E-state index >= 15 is 0 Å². The first-order chi connectivity index (χ1) is 6.20. The van der Waals surface area contributed by atoms with Crippen LogP contribution in [0.2, 0.25) is 0 Å². The first-order valence-corrected chi connectivity index (χ1v) is 4.56. The lowest BCUT2D eigenvalue weighted by atomic mass is 10.0. The van der Waals surface area contributed by atoms with Crippen molar-refractivity contribution in [2.75, 3.05) is 6.61 Å². The van der Waals surface area contributed by atoms with Crippen molar-refractivity contribution in [1.29, 1.82) is 0 Å². The molecule has 0 aliphatic carbocycles. The van der Waals surface area contributed by atoms with Gasteiger partial charge in [0.25, 0.3) is 0 Å². The van der Waals surface area contributed by atoms with E-state index < -0.39 is 0 Å². The molecule has 0 unspecified atom stereocenters. The molecule has 1 fully saturated rings. The third kappa shape index (κ3) is 1.36. The van der Waals surface area contributed by atoms with Crippen LogP contribution < -0.4 is 5.73 Å². The second kappa shape index (κ2) is 3.12. The van der Waals surface area contributed by atoms with Crippen LogP contribution in [0.25, 0.3) is 0 Å². The lowest BCUT2D eigenvalue weighted by molar-refractivity contribution is 0.104. The molecule has 0 bridgehead atoms. The minimum absolute atomic E-state index is 0.0497. The van der Waals surface area contributed by atoms with Crippen LogP contribution >= 0.6 is 0 Å². The van der Waals surface area contributed by atoms with Gasteiger partial charge in [0.1, 0.15) is 6.10 Å². The number of hydrogen-bond acceptors (Lipinski definition) is 3. The predicted octanol–water partition coefficient (Wildman–Crippen LogP) is 0.517. The van der Waals surface area contributed by atoms with Crippen LogP contribution in [0.1, 0.15) is 23.8 Å². The Morgan fingerprint density at radius 2 is 2.46 bits per heavy atom. The third-order valence-corrected chi connectivity index (χ3v) is 2.72. The van der Waals surface area contributed by atoms with Gasteiger partial charge in [0, 0.05) is 31.0 Å². The molecule has 4 heteroatoms. The van der Waals surface area contributed by atoms with Gasteiger partial charge in [-0.3, -0.25) is 4.68 Å². The number of nitrogens with zero attached hydrogens (tertiary/aromatic N) is 2. The summed E-state index contributed by atoms with van der Waals surface area (Å²) in [7, 11) is 1.93. The van der Waals surface area contributed by atoms with E-state index in [9.17, 15) is 0 Å². The van der Waals surface area contributed by atoms with E-state index in [0.29, 0.717) is 0 Å². The maximum Gasteiger partial charge on any atom is 0.101 e. The molecule has 1 aromatic heterocycles. The monoisotopic (exact) mass is 181 g/mol. The Hall–Kier alpha value is -0.870. The predicted molar refractivity (Wildman–Crippen MR) is 49.2 cm³/mol. The normalized spacial score (nSPS) is 28.2. The molecule has 13 heavy (non-hydrogen) atoms. The Balaban J connectivity index is 2.29. The molecular weight excluding hydrogens is 166 g/mol. The maximum atomic E-state index is 5.93. The molecule has 0 aromatic carbocycles. The summed E-state index contributed by atoms with van der Waals surface area (Å²) in [4.78, 5) is 0. The Bertz CT molecular complexity index is 308. The van der Waals surface area contributed by atoms with Crippen molar-refractivity contribution in [2.24, 2.45) is 12.8 Å². The van der Waals surface area contributed by atoms with Crippen molar-refractivity contribution >= 4 is 0 Å². The molecule has 0 saturated carbocycles. The van der Waals surface area contributed by atoms with Crippen molar-refractivity contribution < 1.29 is 4.74 Å². The SMILES string of the molecule is Cc1c([C@H]2OCC[C@H]2N)cnn1C. The van der Waals surface area contributed by atoms with Crippen LogP contribution in [0.15, 0.2) is 6.20 Å². The first kappa shape index (κ1) is 8.72. The van der Waals surface area contributed by atoms with Gasteiger partial charge in [-0.05, 0) is 13.3 Å². The summed E-state index contributed by atoms with van der Waals surface area (Å²) < 4.78 is 7.42. The summed E-state index contributed by atoms with van der Waals surface area (Å²) in [5.74, 6) is 0. The fraction of sp³-hybridized carbons (Fsp3) is 0.667. The van der Waals surface area contributed by atoms with E-state index in [4.69, 9.17) is 10.5 Å². The Morgan fingerprint density at radius 3 is 2.92 bits per heavy atom. The van der Waals surface area contributed by atoms with Crippen molar-refractivity contribution in [3.63, 3.8) is 0 Å². The Kier molecular flexibility index (Phi) is 2.09. The number of aromatic nitrogens is 2. The van der Waals surface area contributed by atoms with E-state index in [1.54, 1.807) is 0 Å². The summed E-state index contributed by atoms with van der Waals surface area (Å²) in [6.07, 6.45) is 2.85. The van der Waals surface area contributed by atoms with Crippen LogP contribution in [-0.2, 0) is 11.8 Å². The van der Waals surface area contributed by atoms with Crippen LogP contribution in [0.3, 0.4) is 0 Å². The van der Waals surface area contributed by atoms with Crippen LogP contribution in [0.4, 0.5) is 0 Å². The topological polar surface area (TPSA) is 53.1 Å². The van der Waals surface area contributed by atoms with Gasteiger partial charge >= 0.3 is 0 Å². The van der Waals surface area contributed by atoms with E-state index in [1.165, 1.54) is 0 Å². The zero-order valence-electron chi connectivity index (χ0n) is 8.03. The molecule has 1 aliphatic heterocycles. The van der Waals surface area contributed by atoms with E-state index in [1.807, 2.05) is 24.9 Å². The number of hydrogen-bond donors (Lipinski definition) is 1. The summed E-state index contributed by atoms with van der Waals surface area (Å²) >= 11 is 0. The van der Waals surface area contributed by atoms with Crippen molar-refractivity contribution in [3.05, 3.63) is 17.5 Å². The van der Waals surface area contributed by atoms with Gasteiger partial charge in [-0.25, -0.2) is 0 Å². The highest BCUT2D eigenvalue weighted by Crippen LogP contribution is 2.29. The summed E-state index contributed by atoms with van der Waals surface area (Å²) in [5.41, 5.74) is 8.20. The Labute approximate surface area is 77.7 Å². The summed E-state index contributed by atoms with van der Waals surface area (Å²) in [5, 5.41) is 4.18. The van der Waals surface area contributed by atoms with Crippen LogP contribution in [-0.4, -0.2) is 22.4 Å². The second-order valence-corrected chi connectivity index (χ2v) is 3.55. The van der Waals surface area contributed by atoms with Gasteiger partial charge in [0.05, 0.1) is 6.20 Å². The molecule has 1 aliphatic rings. The van der Waals surface area contributed by atoms with E-state index in [0.717, 1.165) is 24.3 Å². The summed E-state index contributed by atoms with van der Waals surface area (Å²) in [6, 6.07) is 0.128. The molecule has 2 N–H and O–H groups in total. The Morgan fingerprint density at radius 1 is 1.69 bits per heavy atom. The second-order valence-electron chi connectivity index (χ2n) is 3.55. The molecular formula is C9H15N3O. The molecule has 2 rings (SSSR count). The van der Waals surface area contributed by atoms with E-state index in [2.05, 4.69) is 5.10 Å². The smallest absolute Gasteiger partial charge is 0.101 e. The zero-order valence-corrected chi connectivity index (χ0v) is 8.03. The summed E-state index contributed by atoms with van der Waals surface area (Å²) in [6.45, 7) is 2.80. The maximum absolute atomic E-state index is 5.93. The van der Waals surface area contributed by atoms with Gasteiger partial charge in [0.2, 0.25) is 0 Å². The standard InChI is InChI=1S/C9H15N3O/c1-6-7(5-11-12(6)2)9-8(10)3-4-13-9/h5,8-9H,3-4,10H2,1-2H3/t8-,9-/m1/s1. The lowest BCUT2D eigenvalue weighted by Crippen LogP contribution is -2.23. The molecule has 1 saturated heterocycles. The largest absolute Gasteiger partial charge is 0.372 e. The molecule has 2 atom stereocenters. The van der Waals surface area contributed by atoms with Gasteiger partial charge in [-0.2, -0.15) is 5.10 Å². The van der Waals surface area contributed by atoms with Crippen molar-refractivity contribution in [1.82, 2.24) is 9.78 Å². The van der Waals surface area contributed by atoms with Crippen molar-refractivity contribution in [3.8, 4) is 0 Å². The fourth-order valence-corrected chi connectivity index (χ4v) is 1.72. The van der Waals surface area contributed by atoms with Gasteiger partial charge in [-0.1, -0.05) is 0 Å². The first-order valence-electron chi connectivity index (χ1n) is 4.56.